The summed E-state index contributed by atoms with van der Waals surface area (Å²) < 4.78 is 12.4. The number of hydrogen-bond donors (Lipinski definition) is 0. The molecule has 1 aliphatic heterocycles. The van der Waals surface area contributed by atoms with Crippen LogP contribution in [0, 0.1) is 0 Å². The first-order valence-electron chi connectivity index (χ1n) is 12.7. The molecule has 1 rings (SSSR count). The zero-order valence-electron chi connectivity index (χ0n) is 20.5. The molecule has 1 unspecified atom stereocenters. The van der Waals surface area contributed by atoms with Crippen molar-refractivity contribution in [3.63, 3.8) is 0 Å². The number of hydrogen-bond acceptors (Lipinski definition) is 3. The summed E-state index contributed by atoms with van der Waals surface area (Å²) in [5.74, 6) is 2.44. The molecule has 0 aromatic carbocycles. The lowest BCUT2D eigenvalue weighted by Crippen LogP contribution is -3.00. The molecule has 0 saturated carbocycles. The van der Waals surface area contributed by atoms with Crippen LogP contribution in [-0.4, -0.2) is 69.1 Å². The Morgan fingerprint density at radius 1 is 0.800 bits per heavy atom. The van der Waals surface area contributed by atoms with Gasteiger partial charge in [-0.05, 0) is 12.2 Å². The van der Waals surface area contributed by atoms with Crippen molar-refractivity contribution in [2.24, 2.45) is 0 Å². The molecule has 0 aliphatic carbocycles. The molecule has 1 saturated heterocycles. The number of unbranched alkanes of at least 4 members (excludes halogenated alkanes) is 13. The van der Waals surface area contributed by atoms with E-state index in [0.29, 0.717) is 6.10 Å². The SMILES string of the molecule is CCCCCCCCCCCCCCCCSCC(C[N+]1(C)CCOCC1)OC.[I-]. The number of likely N-dealkylation sites (N-methyl/N-ethyl adjacent to an activating group) is 1. The Morgan fingerprint density at radius 2 is 1.27 bits per heavy atom. The van der Waals surface area contributed by atoms with E-state index in [0.717, 1.165) is 43.1 Å². The van der Waals surface area contributed by atoms with E-state index in [1.54, 1.807) is 0 Å². The molecule has 30 heavy (non-hydrogen) atoms. The molecule has 1 atom stereocenters. The summed E-state index contributed by atoms with van der Waals surface area (Å²) in [5, 5.41) is 0. The normalized spacial score (nSPS) is 16.9. The molecule has 0 spiro atoms. The molecule has 1 aliphatic rings. The molecule has 0 aromatic heterocycles. The fourth-order valence-electron chi connectivity index (χ4n) is 4.27. The fourth-order valence-corrected chi connectivity index (χ4v) is 5.35. The largest absolute Gasteiger partial charge is 1.00 e. The van der Waals surface area contributed by atoms with Gasteiger partial charge in [-0.25, -0.2) is 0 Å². The number of thioether (sulfide) groups is 1. The highest BCUT2D eigenvalue weighted by molar-refractivity contribution is 7.99. The third-order valence-corrected chi connectivity index (χ3v) is 7.66. The number of quaternary nitrogens is 1. The van der Waals surface area contributed by atoms with Gasteiger partial charge in [0.25, 0.3) is 0 Å². The van der Waals surface area contributed by atoms with Gasteiger partial charge in [0.2, 0.25) is 0 Å². The minimum absolute atomic E-state index is 0. The van der Waals surface area contributed by atoms with Crippen LogP contribution in [0.4, 0.5) is 0 Å². The summed E-state index contributed by atoms with van der Waals surface area (Å²) in [6.45, 7) is 7.49. The number of halogens is 1. The maximum Gasteiger partial charge on any atom is 0.115 e. The van der Waals surface area contributed by atoms with Gasteiger partial charge in [0.05, 0.1) is 20.3 Å². The van der Waals surface area contributed by atoms with Gasteiger partial charge in [-0.3, -0.25) is 0 Å². The Kier molecular flexibility index (Phi) is 22.5. The summed E-state index contributed by atoms with van der Waals surface area (Å²) >= 11 is 2.09. The molecule has 0 radical (unpaired) electrons. The second kappa shape index (κ2) is 21.8. The predicted molar refractivity (Wildman–Crippen MR) is 130 cm³/mol. The topological polar surface area (TPSA) is 18.5 Å². The van der Waals surface area contributed by atoms with Crippen LogP contribution >= 0.6 is 11.8 Å². The standard InChI is InChI=1S/C25H52NO2S.HI/c1-4-5-6-7-8-9-10-11-12-13-14-15-16-17-22-29-24-25(27-3)23-26(2)18-20-28-21-19-26;/h25H,4-24H2,1-3H3;1H/q+1;/p-1. The van der Waals surface area contributed by atoms with E-state index in [4.69, 9.17) is 9.47 Å². The Bertz CT molecular complexity index is 354. The van der Waals surface area contributed by atoms with Crippen LogP contribution in [0.1, 0.15) is 96.8 Å². The summed E-state index contributed by atoms with van der Waals surface area (Å²) in [6.07, 6.45) is 20.5. The average molecular weight is 558 g/mol. The zero-order chi connectivity index (χ0) is 21.0. The summed E-state index contributed by atoms with van der Waals surface area (Å²) in [5.41, 5.74) is 0. The molecule has 0 amide bonds. The van der Waals surface area contributed by atoms with Crippen LogP contribution in [0.15, 0.2) is 0 Å². The van der Waals surface area contributed by atoms with Crippen molar-refractivity contribution in [2.45, 2.75) is 103 Å². The smallest absolute Gasteiger partial charge is 0.115 e. The monoisotopic (exact) mass is 557 g/mol. The molecule has 0 N–H and O–H groups in total. The van der Waals surface area contributed by atoms with Crippen molar-refractivity contribution >= 4 is 11.8 Å². The van der Waals surface area contributed by atoms with Gasteiger partial charge in [-0.15, -0.1) is 0 Å². The van der Waals surface area contributed by atoms with Crippen LogP contribution in [0.25, 0.3) is 0 Å². The van der Waals surface area contributed by atoms with Gasteiger partial charge >= 0.3 is 0 Å². The Morgan fingerprint density at radius 3 is 1.73 bits per heavy atom. The molecule has 1 fully saturated rings. The first-order valence-corrected chi connectivity index (χ1v) is 13.9. The average Bonchev–Trinajstić information content (AvgIpc) is 2.73. The molecule has 0 aromatic rings. The van der Waals surface area contributed by atoms with E-state index in [2.05, 4.69) is 25.7 Å². The van der Waals surface area contributed by atoms with Crippen molar-refractivity contribution in [1.29, 1.82) is 0 Å². The van der Waals surface area contributed by atoms with Gasteiger partial charge in [-0.1, -0.05) is 90.4 Å². The maximum atomic E-state index is 5.77. The van der Waals surface area contributed by atoms with Gasteiger partial charge in [0.15, 0.2) is 0 Å². The number of ether oxygens (including phenoxy) is 2. The van der Waals surface area contributed by atoms with E-state index in [1.807, 2.05) is 7.11 Å². The van der Waals surface area contributed by atoms with E-state index in [9.17, 15) is 0 Å². The fraction of sp³-hybridized carbons (Fsp3) is 1.00. The lowest BCUT2D eigenvalue weighted by atomic mass is 10.0. The van der Waals surface area contributed by atoms with Crippen molar-refractivity contribution in [2.75, 3.05) is 58.5 Å². The minimum atomic E-state index is 0. The second-order valence-electron chi connectivity index (χ2n) is 9.39. The first-order chi connectivity index (χ1) is 14.2. The van der Waals surface area contributed by atoms with Gasteiger partial charge in [0.1, 0.15) is 25.7 Å². The van der Waals surface area contributed by atoms with Crippen molar-refractivity contribution in [3.8, 4) is 0 Å². The Balaban J connectivity index is 0.00000841. The molecule has 1 heterocycles. The van der Waals surface area contributed by atoms with E-state index in [1.165, 1.54) is 95.6 Å². The highest BCUT2D eigenvalue weighted by Gasteiger charge is 2.28. The summed E-state index contributed by atoms with van der Waals surface area (Å²) in [6, 6.07) is 0. The zero-order valence-corrected chi connectivity index (χ0v) is 23.5. The van der Waals surface area contributed by atoms with Gasteiger partial charge in [0, 0.05) is 12.9 Å². The third kappa shape index (κ3) is 17.5. The lowest BCUT2D eigenvalue weighted by Gasteiger charge is -2.39. The number of nitrogens with zero attached hydrogens (tertiary/aromatic N) is 1. The van der Waals surface area contributed by atoms with Crippen LogP contribution < -0.4 is 24.0 Å². The molecule has 182 valence electrons. The summed E-state index contributed by atoms with van der Waals surface area (Å²) in [7, 11) is 4.23. The highest BCUT2D eigenvalue weighted by atomic mass is 127. The molecule has 3 nitrogen and oxygen atoms in total. The van der Waals surface area contributed by atoms with E-state index < -0.39 is 0 Å². The van der Waals surface area contributed by atoms with Gasteiger partial charge < -0.3 is 37.9 Å². The Hall–Kier alpha value is 0.960. The van der Waals surface area contributed by atoms with Crippen LogP contribution in [-0.2, 0) is 9.47 Å². The summed E-state index contributed by atoms with van der Waals surface area (Å²) in [4.78, 5) is 0. The predicted octanol–water partition coefficient (Wildman–Crippen LogP) is 3.70. The van der Waals surface area contributed by atoms with E-state index >= 15 is 0 Å². The van der Waals surface area contributed by atoms with Crippen LogP contribution in [0.3, 0.4) is 0 Å². The van der Waals surface area contributed by atoms with Crippen LogP contribution in [0.5, 0.6) is 0 Å². The van der Waals surface area contributed by atoms with Crippen molar-refractivity contribution in [3.05, 3.63) is 0 Å². The Labute approximate surface area is 210 Å². The van der Waals surface area contributed by atoms with Gasteiger partial charge in [-0.2, -0.15) is 11.8 Å². The number of morpholine rings is 1. The van der Waals surface area contributed by atoms with Crippen molar-refractivity contribution in [1.82, 2.24) is 0 Å². The first kappa shape index (κ1) is 31.0. The van der Waals surface area contributed by atoms with Crippen LogP contribution in [0.2, 0.25) is 0 Å². The molecular formula is C25H52INO2S. The van der Waals surface area contributed by atoms with Crippen molar-refractivity contribution < 1.29 is 37.9 Å². The minimum Gasteiger partial charge on any atom is -1.00 e. The number of rotatable bonds is 20. The molecular weight excluding hydrogens is 505 g/mol. The number of methoxy groups -OCH3 is 1. The molecule has 0 bridgehead atoms. The van der Waals surface area contributed by atoms with E-state index in [-0.39, 0.29) is 24.0 Å². The highest BCUT2D eigenvalue weighted by Crippen LogP contribution is 2.16. The third-order valence-electron chi connectivity index (χ3n) is 6.47. The quantitative estimate of drug-likeness (QED) is 0.129. The lowest BCUT2D eigenvalue weighted by molar-refractivity contribution is -0.919. The second-order valence-corrected chi connectivity index (χ2v) is 10.5. The molecule has 5 heteroatoms. The maximum absolute atomic E-state index is 5.77.